The molecule has 7 rings (SSSR count). The number of likely N-dealkylation sites (N-methyl/N-ethyl adjacent to an activating group) is 1. The van der Waals surface area contributed by atoms with Gasteiger partial charge < -0.3 is 19.9 Å². The number of aryl methyl sites for hydroxylation is 1. The molecule has 4 aliphatic rings. The quantitative estimate of drug-likeness (QED) is 0.352. The molecule has 1 aliphatic carbocycles. The van der Waals surface area contributed by atoms with Crippen molar-refractivity contribution in [1.29, 1.82) is 5.26 Å². The van der Waals surface area contributed by atoms with Gasteiger partial charge in [-0.1, -0.05) is 5.16 Å². The van der Waals surface area contributed by atoms with Crippen LogP contribution in [0.5, 0.6) is 6.01 Å². The fourth-order valence-electron chi connectivity index (χ4n) is 7.52. The number of anilines is 2. The van der Waals surface area contributed by atoms with Gasteiger partial charge in [-0.15, -0.1) is 11.3 Å². The van der Waals surface area contributed by atoms with E-state index in [0.717, 1.165) is 55.5 Å². The highest BCUT2D eigenvalue weighted by Crippen LogP contribution is 2.48. The van der Waals surface area contributed by atoms with Crippen molar-refractivity contribution in [3.63, 3.8) is 0 Å². The first-order valence-electron chi connectivity index (χ1n) is 15.4. The molecule has 3 fully saturated rings. The smallest absolute Gasteiger partial charge is 0.319 e. The van der Waals surface area contributed by atoms with Crippen molar-refractivity contribution < 1.29 is 17.7 Å². The van der Waals surface area contributed by atoms with E-state index in [2.05, 4.69) is 37.5 Å². The highest BCUT2D eigenvalue weighted by molar-refractivity contribution is 7.87. The average molecular weight is 655 g/mol. The molecular formula is C29H38N10O4S2. The number of aromatic nitrogens is 4. The first-order valence-corrected chi connectivity index (χ1v) is 17.7. The number of nitrogen functional groups attached to an aromatic ring is 1. The number of thiophene rings is 1. The molecule has 0 radical (unpaired) electrons. The lowest BCUT2D eigenvalue weighted by molar-refractivity contribution is 0.112. The van der Waals surface area contributed by atoms with Crippen LogP contribution in [-0.2, 0) is 22.0 Å². The number of piperidine rings is 1. The van der Waals surface area contributed by atoms with E-state index in [4.69, 9.17) is 29.9 Å². The number of rotatable bonds is 6. The van der Waals surface area contributed by atoms with Gasteiger partial charge in [-0.25, -0.2) is 4.72 Å². The van der Waals surface area contributed by atoms with Crippen molar-refractivity contribution in [3.05, 3.63) is 28.0 Å². The molecule has 3 aromatic heterocycles. The lowest BCUT2D eigenvalue weighted by Gasteiger charge is -2.39. The molecule has 6 heterocycles. The van der Waals surface area contributed by atoms with Crippen LogP contribution >= 0.6 is 11.3 Å². The van der Waals surface area contributed by atoms with Crippen molar-refractivity contribution in [2.75, 3.05) is 43.9 Å². The van der Waals surface area contributed by atoms with E-state index in [1.807, 2.05) is 19.9 Å². The van der Waals surface area contributed by atoms with Gasteiger partial charge in [0.1, 0.15) is 28.7 Å². The van der Waals surface area contributed by atoms with Gasteiger partial charge in [0.15, 0.2) is 0 Å². The van der Waals surface area contributed by atoms with Crippen LogP contribution in [0.15, 0.2) is 10.6 Å². The predicted octanol–water partition coefficient (Wildman–Crippen LogP) is 2.32. The second-order valence-corrected chi connectivity index (χ2v) is 15.6. The van der Waals surface area contributed by atoms with E-state index in [9.17, 15) is 13.7 Å². The van der Waals surface area contributed by atoms with Crippen molar-refractivity contribution in [2.24, 2.45) is 0 Å². The molecule has 14 nitrogen and oxygen atoms in total. The number of nitriles is 1. The average Bonchev–Trinajstić information content (AvgIpc) is 3.79. The van der Waals surface area contributed by atoms with Crippen molar-refractivity contribution in [3.8, 4) is 23.6 Å². The van der Waals surface area contributed by atoms with E-state index in [-0.39, 0.29) is 24.0 Å². The Labute approximate surface area is 266 Å². The Morgan fingerprint density at radius 2 is 2.09 bits per heavy atom. The molecule has 4 atom stereocenters. The molecule has 16 heteroatoms. The van der Waals surface area contributed by atoms with Crippen LogP contribution in [0.25, 0.3) is 11.5 Å². The number of likely N-dealkylation sites (tertiary alicyclic amines) is 1. The van der Waals surface area contributed by atoms with Crippen LogP contribution in [0.2, 0.25) is 0 Å². The molecule has 240 valence electrons. The number of nitrogens with two attached hydrogens (primary N) is 1. The van der Waals surface area contributed by atoms with E-state index >= 15 is 0 Å². The maximum absolute atomic E-state index is 12.3. The molecule has 1 spiro atoms. The van der Waals surface area contributed by atoms with Crippen LogP contribution in [0.1, 0.15) is 74.3 Å². The monoisotopic (exact) mass is 654 g/mol. The summed E-state index contributed by atoms with van der Waals surface area (Å²) in [5.41, 5.74) is 6.74. The minimum atomic E-state index is -3.54. The van der Waals surface area contributed by atoms with Crippen LogP contribution in [-0.4, -0.2) is 84.3 Å². The van der Waals surface area contributed by atoms with Crippen molar-refractivity contribution in [2.45, 2.75) is 81.9 Å². The molecule has 45 heavy (non-hydrogen) atoms. The third-order valence-electron chi connectivity index (χ3n) is 9.83. The summed E-state index contributed by atoms with van der Waals surface area (Å²) in [6, 6.07) is 4.54. The zero-order chi connectivity index (χ0) is 31.6. The van der Waals surface area contributed by atoms with Gasteiger partial charge in [0.25, 0.3) is 10.2 Å². The SMILES string of the molecule is C[C@H](Oc1nc(-c2noc(C3(C)CCCc4sc(N)c(C#N)c43)n2)cc(N2CCCC3(CNS(=O)(=O)N3)C2)n1)[C@@H]1CCCN1C. The molecule has 0 aromatic carbocycles. The molecular weight excluding hydrogens is 617 g/mol. The fraction of sp³-hybridized carbons (Fsp3) is 0.621. The van der Waals surface area contributed by atoms with E-state index in [0.29, 0.717) is 54.0 Å². The number of hydrogen-bond donors (Lipinski definition) is 3. The summed E-state index contributed by atoms with van der Waals surface area (Å²) in [6.07, 6.45) is 5.97. The molecule has 3 saturated heterocycles. The molecule has 2 unspecified atom stereocenters. The fourth-order valence-corrected chi connectivity index (χ4v) is 10.1. The number of hydrogen-bond acceptors (Lipinski definition) is 13. The van der Waals surface area contributed by atoms with Crippen LogP contribution in [0.4, 0.5) is 10.8 Å². The third-order valence-corrected chi connectivity index (χ3v) is 12.1. The third kappa shape index (κ3) is 5.44. The highest BCUT2D eigenvalue weighted by Gasteiger charge is 2.45. The topological polar surface area (TPSA) is 188 Å². The molecule has 4 N–H and O–H groups in total. The van der Waals surface area contributed by atoms with Gasteiger partial charge in [0.2, 0.25) is 11.7 Å². The normalized spacial score (nSPS) is 28.7. The van der Waals surface area contributed by atoms with Crippen LogP contribution in [0.3, 0.4) is 0 Å². The predicted molar refractivity (Wildman–Crippen MR) is 168 cm³/mol. The first kappa shape index (κ1) is 30.3. The standard InChI is InChI=1S/C29H38N10O4S2/c1-17(20-7-5-11-38(20)3)42-27-33-19(13-22(34-27)39-12-6-10-29(16-39)15-32-45(40,41)37-29)25-35-26(43-36-25)28(2)9-4-8-21-23(28)18(14-30)24(31)44-21/h13,17,20,32,37H,4-12,15-16,31H2,1-3H3/t17-,20-,28?,29?/m0/s1. The van der Waals surface area contributed by atoms with Gasteiger partial charge in [-0.2, -0.15) is 33.4 Å². The molecule has 3 aromatic rings. The number of fused-ring (bicyclic) bond motifs is 1. The minimum absolute atomic E-state index is 0.159. The first-order chi connectivity index (χ1) is 21.5. The van der Waals surface area contributed by atoms with E-state index in [1.165, 1.54) is 11.3 Å². The summed E-state index contributed by atoms with van der Waals surface area (Å²) in [7, 11) is -1.44. The Kier molecular flexibility index (Phi) is 7.52. The zero-order valence-corrected chi connectivity index (χ0v) is 27.3. The van der Waals surface area contributed by atoms with Crippen LogP contribution < -0.4 is 24.8 Å². The molecule has 0 saturated carbocycles. The summed E-state index contributed by atoms with van der Waals surface area (Å²) in [4.78, 5) is 19.9. The second kappa shape index (κ2) is 11.2. The maximum atomic E-state index is 12.3. The summed E-state index contributed by atoms with van der Waals surface area (Å²) in [5, 5.41) is 14.8. The Hall–Kier alpha value is -3.36. The van der Waals surface area contributed by atoms with Crippen LogP contribution in [0, 0.1) is 11.3 Å². The van der Waals surface area contributed by atoms with E-state index < -0.39 is 21.2 Å². The Balaban J connectivity index is 1.25. The molecule has 0 bridgehead atoms. The largest absolute Gasteiger partial charge is 0.459 e. The number of nitrogens with one attached hydrogen (secondary N) is 2. The summed E-state index contributed by atoms with van der Waals surface area (Å²) in [6.45, 7) is 6.51. The highest BCUT2D eigenvalue weighted by atomic mass is 32.2. The number of ether oxygens (including phenoxy) is 1. The summed E-state index contributed by atoms with van der Waals surface area (Å²) >= 11 is 1.46. The Morgan fingerprint density at radius 3 is 2.82 bits per heavy atom. The van der Waals surface area contributed by atoms with Gasteiger partial charge in [0.05, 0.1) is 16.5 Å². The van der Waals surface area contributed by atoms with Crippen molar-refractivity contribution >= 4 is 32.4 Å². The van der Waals surface area contributed by atoms with Gasteiger partial charge >= 0.3 is 6.01 Å². The maximum Gasteiger partial charge on any atom is 0.319 e. The summed E-state index contributed by atoms with van der Waals surface area (Å²) in [5.74, 6) is 1.29. The lowest BCUT2D eigenvalue weighted by Crippen LogP contribution is -2.56. The lowest BCUT2D eigenvalue weighted by atomic mass is 9.72. The number of nitrogens with zero attached hydrogens (tertiary/aromatic N) is 7. The second-order valence-electron chi connectivity index (χ2n) is 13.0. The minimum Gasteiger partial charge on any atom is -0.459 e. The zero-order valence-electron chi connectivity index (χ0n) is 25.7. The van der Waals surface area contributed by atoms with E-state index in [1.54, 1.807) is 0 Å². The Morgan fingerprint density at radius 1 is 1.24 bits per heavy atom. The molecule has 0 amide bonds. The van der Waals surface area contributed by atoms with Crippen molar-refractivity contribution in [1.82, 2.24) is 34.5 Å². The summed E-state index contributed by atoms with van der Waals surface area (Å²) < 4.78 is 42.2. The van der Waals surface area contributed by atoms with Gasteiger partial charge in [-0.3, -0.25) is 4.90 Å². The van der Waals surface area contributed by atoms with Gasteiger partial charge in [-0.05, 0) is 72.4 Å². The Bertz CT molecular complexity index is 1770. The molecule has 3 aliphatic heterocycles. The van der Waals surface area contributed by atoms with Gasteiger partial charge in [0, 0.05) is 42.2 Å².